The highest BCUT2D eigenvalue weighted by Crippen LogP contribution is 2.31. The van der Waals surface area contributed by atoms with Gasteiger partial charge in [-0.2, -0.15) is 0 Å². The Bertz CT molecular complexity index is 1050. The fraction of sp³-hybridized carbons (Fsp3) is 0.417. The third kappa shape index (κ3) is 6.13. The van der Waals surface area contributed by atoms with Crippen LogP contribution in [-0.2, 0) is 9.53 Å². The third-order valence-corrected chi connectivity index (χ3v) is 6.42. The van der Waals surface area contributed by atoms with Crippen LogP contribution < -0.4 is 19.1 Å². The number of nitrogens with zero attached hydrogens (tertiary/aromatic N) is 3. The minimum absolute atomic E-state index is 0.0731. The normalized spacial score (nSPS) is 14.2. The van der Waals surface area contributed by atoms with E-state index < -0.39 is 0 Å². The molecule has 4 rings (SSSR count). The SMILES string of the molecule is CCOc1ccc(OCC(=O)N(CCN2CCOCC2)c2nc3cc(OC)ccc3s2)cc1. The molecule has 1 aromatic heterocycles. The maximum atomic E-state index is 13.2. The van der Waals surface area contributed by atoms with E-state index in [0.29, 0.717) is 24.0 Å². The number of hydrogen-bond acceptors (Lipinski definition) is 8. The molecule has 3 aromatic rings. The van der Waals surface area contributed by atoms with Crippen molar-refractivity contribution in [2.24, 2.45) is 0 Å². The van der Waals surface area contributed by atoms with Crippen molar-refractivity contribution >= 4 is 32.6 Å². The summed E-state index contributed by atoms with van der Waals surface area (Å²) in [7, 11) is 1.63. The zero-order chi connectivity index (χ0) is 23.0. The predicted octanol–water partition coefficient (Wildman–Crippen LogP) is 3.45. The van der Waals surface area contributed by atoms with Crippen molar-refractivity contribution in [2.45, 2.75) is 6.92 Å². The molecule has 1 aliphatic heterocycles. The van der Waals surface area contributed by atoms with E-state index >= 15 is 0 Å². The first-order chi connectivity index (χ1) is 16.2. The zero-order valence-corrected chi connectivity index (χ0v) is 19.8. The molecule has 0 bridgehead atoms. The van der Waals surface area contributed by atoms with Gasteiger partial charge in [0.15, 0.2) is 11.7 Å². The van der Waals surface area contributed by atoms with E-state index in [4.69, 9.17) is 23.9 Å². The fourth-order valence-electron chi connectivity index (χ4n) is 3.55. The lowest BCUT2D eigenvalue weighted by atomic mass is 10.3. The van der Waals surface area contributed by atoms with Crippen LogP contribution in [0.2, 0.25) is 0 Å². The van der Waals surface area contributed by atoms with Crippen molar-refractivity contribution in [3.63, 3.8) is 0 Å². The van der Waals surface area contributed by atoms with Crippen molar-refractivity contribution in [1.29, 1.82) is 0 Å². The number of anilines is 1. The molecule has 1 fully saturated rings. The molecule has 2 heterocycles. The maximum Gasteiger partial charge on any atom is 0.266 e. The highest BCUT2D eigenvalue weighted by molar-refractivity contribution is 7.22. The minimum Gasteiger partial charge on any atom is -0.497 e. The van der Waals surface area contributed by atoms with Crippen molar-refractivity contribution < 1.29 is 23.7 Å². The van der Waals surface area contributed by atoms with Crippen LogP contribution in [0.25, 0.3) is 10.2 Å². The Kier molecular flexibility index (Phi) is 7.98. The molecule has 1 aliphatic rings. The fourth-order valence-corrected chi connectivity index (χ4v) is 4.54. The Labute approximate surface area is 197 Å². The van der Waals surface area contributed by atoms with Crippen molar-refractivity contribution in [3.05, 3.63) is 42.5 Å². The Morgan fingerprint density at radius 3 is 2.48 bits per heavy atom. The van der Waals surface area contributed by atoms with Gasteiger partial charge in [0, 0.05) is 32.2 Å². The van der Waals surface area contributed by atoms with Gasteiger partial charge < -0.3 is 18.9 Å². The Morgan fingerprint density at radius 1 is 1.09 bits per heavy atom. The Hall–Kier alpha value is -2.88. The number of hydrogen-bond donors (Lipinski definition) is 0. The maximum absolute atomic E-state index is 13.2. The molecule has 33 heavy (non-hydrogen) atoms. The van der Waals surface area contributed by atoms with Gasteiger partial charge in [-0.3, -0.25) is 14.6 Å². The van der Waals surface area contributed by atoms with Crippen molar-refractivity contribution in [1.82, 2.24) is 9.88 Å². The van der Waals surface area contributed by atoms with Crippen molar-refractivity contribution in [2.75, 3.05) is 64.6 Å². The quantitative estimate of drug-likeness (QED) is 0.448. The highest BCUT2D eigenvalue weighted by Gasteiger charge is 2.22. The number of carbonyl (C=O) groups excluding carboxylic acids is 1. The lowest BCUT2D eigenvalue weighted by Crippen LogP contribution is -2.44. The summed E-state index contributed by atoms with van der Waals surface area (Å²) in [5.74, 6) is 2.00. The first-order valence-electron chi connectivity index (χ1n) is 11.1. The molecular formula is C24H29N3O5S. The van der Waals surface area contributed by atoms with Gasteiger partial charge in [-0.1, -0.05) is 11.3 Å². The van der Waals surface area contributed by atoms with Crippen LogP contribution >= 0.6 is 11.3 Å². The average molecular weight is 472 g/mol. The summed E-state index contributed by atoms with van der Waals surface area (Å²) in [5.41, 5.74) is 0.811. The zero-order valence-electron chi connectivity index (χ0n) is 19.0. The molecule has 1 amide bonds. The van der Waals surface area contributed by atoms with E-state index in [2.05, 4.69) is 4.90 Å². The van der Waals surface area contributed by atoms with Gasteiger partial charge in [-0.15, -0.1) is 0 Å². The summed E-state index contributed by atoms with van der Waals surface area (Å²) in [6.07, 6.45) is 0. The summed E-state index contributed by atoms with van der Waals surface area (Å²) in [5, 5.41) is 0.659. The van der Waals surface area contributed by atoms with Crippen LogP contribution in [0.1, 0.15) is 6.92 Å². The number of fused-ring (bicyclic) bond motifs is 1. The first kappa shape index (κ1) is 23.3. The molecule has 1 saturated heterocycles. The summed E-state index contributed by atoms with van der Waals surface area (Å²) in [4.78, 5) is 22.0. The van der Waals surface area contributed by atoms with E-state index in [0.717, 1.165) is 54.6 Å². The molecule has 176 valence electrons. The van der Waals surface area contributed by atoms with Gasteiger partial charge in [0.25, 0.3) is 5.91 Å². The van der Waals surface area contributed by atoms with Gasteiger partial charge in [-0.05, 0) is 43.3 Å². The van der Waals surface area contributed by atoms with E-state index in [1.54, 1.807) is 24.1 Å². The predicted molar refractivity (Wildman–Crippen MR) is 129 cm³/mol. The molecule has 0 radical (unpaired) electrons. The van der Waals surface area contributed by atoms with Crippen LogP contribution in [0.15, 0.2) is 42.5 Å². The monoisotopic (exact) mass is 471 g/mol. The largest absolute Gasteiger partial charge is 0.497 e. The topological polar surface area (TPSA) is 73.4 Å². The third-order valence-electron chi connectivity index (χ3n) is 5.36. The number of rotatable bonds is 10. The van der Waals surface area contributed by atoms with Gasteiger partial charge in [-0.25, -0.2) is 4.98 Å². The number of thiazole rings is 1. The van der Waals surface area contributed by atoms with E-state index in [1.165, 1.54) is 11.3 Å². The first-order valence-corrected chi connectivity index (χ1v) is 11.9. The van der Waals surface area contributed by atoms with Crippen LogP contribution in [-0.4, -0.2) is 75.5 Å². The van der Waals surface area contributed by atoms with Crippen LogP contribution in [0.3, 0.4) is 0 Å². The molecule has 0 aliphatic carbocycles. The number of morpholine rings is 1. The highest BCUT2D eigenvalue weighted by atomic mass is 32.1. The number of benzene rings is 2. The lowest BCUT2D eigenvalue weighted by Gasteiger charge is -2.29. The molecule has 0 spiro atoms. The number of amides is 1. The summed E-state index contributed by atoms with van der Waals surface area (Å²) in [6.45, 7) is 6.91. The van der Waals surface area contributed by atoms with E-state index in [-0.39, 0.29) is 12.5 Å². The van der Waals surface area contributed by atoms with Crippen molar-refractivity contribution in [3.8, 4) is 17.2 Å². The molecule has 0 unspecified atom stereocenters. The summed E-state index contributed by atoms with van der Waals surface area (Å²) < 4.78 is 23.0. The van der Waals surface area contributed by atoms with Gasteiger partial charge in [0.05, 0.1) is 37.1 Å². The van der Waals surface area contributed by atoms with E-state index in [9.17, 15) is 4.79 Å². The molecule has 0 N–H and O–H groups in total. The second kappa shape index (κ2) is 11.3. The number of aromatic nitrogens is 1. The molecule has 2 aromatic carbocycles. The summed E-state index contributed by atoms with van der Waals surface area (Å²) in [6, 6.07) is 13.0. The average Bonchev–Trinajstić information content (AvgIpc) is 3.27. The Balaban J connectivity index is 1.48. The second-order valence-corrected chi connectivity index (χ2v) is 8.53. The minimum atomic E-state index is -0.136. The molecule has 0 atom stereocenters. The van der Waals surface area contributed by atoms with Crippen LogP contribution in [0.5, 0.6) is 17.2 Å². The molecule has 0 saturated carbocycles. The standard InChI is InChI=1S/C24H29N3O5S/c1-3-31-18-4-6-19(7-5-18)32-17-23(28)27(11-10-26-12-14-30-15-13-26)24-25-21-16-20(29-2)8-9-22(21)33-24/h4-9,16H,3,10-15,17H2,1-2H3. The smallest absolute Gasteiger partial charge is 0.266 e. The molecule has 8 nitrogen and oxygen atoms in total. The van der Waals surface area contributed by atoms with E-state index in [1.807, 2.05) is 37.3 Å². The molecule has 9 heteroatoms. The number of methoxy groups -OCH3 is 1. The van der Waals surface area contributed by atoms with Crippen LogP contribution in [0.4, 0.5) is 5.13 Å². The number of carbonyl (C=O) groups is 1. The number of ether oxygens (including phenoxy) is 4. The van der Waals surface area contributed by atoms with Gasteiger partial charge >= 0.3 is 0 Å². The molecular weight excluding hydrogens is 442 g/mol. The van der Waals surface area contributed by atoms with Gasteiger partial charge in [0.1, 0.15) is 17.2 Å². The van der Waals surface area contributed by atoms with Crippen LogP contribution in [0, 0.1) is 0 Å². The van der Waals surface area contributed by atoms with Gasteiger partial charge in [0.2, 0.25) is 0 Å². The lowest BCUT2D eigenvalue weighted by molar-refractivity contribution is -0.120. The summed E-state index contributed by atoms with van der Waals surface area (Å²) >= 11 is 1.49. The second-order valence-electron chi connectivity index (χ2n) is 7.52. The Morgan fingerprint density at radius 2 is 1.79 bits per heavy atom.